The second-order valence-electron chi connectivity index (χ2n) is 4.90. The Morgan fingerprint density at radius 3 is 2.56 bits per heavy atom. The van der Waals surface area contributed by atoms with Crippen LogP contribution in [-0.4, -0.2) is 18.1 Å². The van der Waals surface area contributed by atoms with Crippen molar-refractivity contribution < 1.29 is 9.53 Å². The second-order valence-corrected chi connectivity index (χ2v) is 4.90. The van der Waals surface area contributed by atoms with Gasteiger partial charge in [0.1, 0.15) is 0 Å². The van der Waals surface area contributed by atoms with Gasteiger partial charge in [0.25, 0.3) is 0 Å². The Hall–Kier alpha value is -0.610. The lowest BCUT2D eigenvalue weighted by molar-refractivity contribution is -0.123. The molecular formula is C12H26N2O2. The number of ether oxygens (including phenoxy) is 1. The number of amides is 1. The van der Waals surface area contributed by atoms with E-state index in [1.54, 1.807) is 0 Å². The molecule has 16 heavy (non-hydrogen) atoms. The number of carbonyl (C=O) groups is 1. The van der Waals surface area contributed by atoms with Gasteiger partial charge in [0.15, 0.2) is 0 Å². The minimum atomic E-state index is -0.207. The van der Waals surface area contributed by atoms with Crippen molar-refractivity contribution in [2.24, 2.45) is 11.8 Å². The lowest BCUT2D eigenvalue weighted by Gasteiger charge is -2.29. The predicted molar refractivity (Wildman–Crippen MR) is 65.7 cm³/mol. The fraction of sp³-hybridized carbons (Fsp3) is 0.917. The molecule has 4 heteroatoms. The number of rotatable bonds is 8. The number of hydrogen-bond donors (Lipinski definition) is 2. The fourth-order valence-electron chi connectivity index (χ4n) is 1.34. The number of hydrazine groups is 1. The predicted octanol–water partition coefficient (Wildman–Crippen LogP) is 1.99. The van der Waals surface area contributed by atoms with E-state index < -0.39 is 0 Å². The fourth-order valence-corrected chi connectivity index (χ4v) is 1.34. The van der Waals surface area contributed by atoms with Crippen LogP contribution >= 0.6 is 0 Å². The van der Waals surface area contributed by atoms with Gasteiger partial charge >= 0.3 is 0 Å². The zero-order valence-electron chi connectivity index (χ0n) is 11.0. The quantitative estimate of drug-likeness (QED) is 0.381. The number of carbonyl (C=O) groups excluding carboxylic acids is 1. The van der Waals surface area contributed by atoms with E-state index in [0.717, 1.165) is 19.4 Å². The van der Waals surface area contributed by atoms with Crippen LogP contribution in [0.4, 0.5) is 0 Å². The van der Waals surface area contributed by atoms with Crippen LogP contribution < -0.4 is 11.3 Å². The van der Waals surface area contributed by atoms with Crippen LogP contribution in [0.3, 0.4) is 0 Å². The summed E-state index contributed by atoms with van der Waals surface area (Å²) >= 11 is 0. The van der Waals surface area contributed by atoms with E-state index in [0.29, 0.717) is 18.8 Å². The molecule has 0 spiro atoms. The molecule has 0 aliphatic rings. The minimum Gasteiger partial charge on any atom is -0.375 e. The molecule has 0 aromatic carbocycles. The Kier molecular flexibility index (Phi) is 7.34. The van der Waals surface area contributed by atoms with Gasteiger partial charge < -0.3 is 4.74 Å². The molecule has 1 atom stereocenters. The van der Waals surface area contributed by atoms with Gasteiger partial charge in [0.2, 0.25) is 5.91 Å². The Balaban J connectivity index is 3.95. The van der Waals surface area contributed by atoms with E-state index >= 15 is 0 Å². The average Bonchev–Trinajstić information content (AvgIpc) is 2.25. The molecule has 0 fully saturated rings. The zero-order valence-corrected chi connectivity index (χ0v) is 11.0. The van der Waals surface area contributed by atoms with Gasteiger partial charge in [-0.25, -0.2) is 5.84 Å². The minimum absolute atomic E-state index is 0.132. The van der Waals surface area contributed by atoms with Crippen LogP contribution in [0.15, 0.2) is 0 Å². The van der Waals surface area contributed by atoms with Crippen molar-refractivity contribution in [3.05, 3.63) is 0 Å². The molecule has 0 saturated heterocycles. The third kappa shape index (κ3) is 6.80. The van der Waals surface area contributed by atoms with E-state index in [1.807, 2.05) is 0 Å². The molecular weight excluding hydrogens is 204 g/mol. The summed E-state index contributed by atoms with van der Waals surface area (Å²) in [6, 6.07) is 0. The molecule has 96 valence electrons. The van der Waals surface area contributed by atoms with Crippen LogP contribution in [0, 0.1) is 5.92 Å². The Morgan fingerprint density at radius 1 is 1.50 bits per heavy atom. The molecule has 0 radical (unpaired) electrons. The van der Waals surface area contributed by atoms with Gasteiger partial charge in [-0.3, -0.25) is 10.2 Å². The largest absolute Gasteiger partial charge is 0.375 e. The Morgan fingerprint density at radius 2 is 2.12 bits per heavy atom. The third-order valence-corrected chi connectivity index (χ3v) is 2.94. The molecule has 0 aromatic rings. The van der Waals surface area contributed by atoms with Gasteiger partial charge in [-0.1, -0.05) is 20.8 Å². The SMILES string of the molecule is CCC(C)(CCC(=O)NN)OCCC(C)C. The van der Waals surface area contributed by atoms with E-state index in [9.17, 15) is 4.79 Å². The highest BCUT2D eigenvalue weighted by Gasteiger charge is 2.23. The van der Waals surface area contributed by atoms with E-state index in [1.165, 1.54) is 0 Å². The summed E-state index contributed by atoms with van der Waals surface area (Å²) in [5, 5.41) is 0. The summed E-state index contributed by atoms with van der Waals surface area (Å²) in [5.41, 5.74) is 1.93. The van der Waals surface area contributed by atoms with Crippen LogP contribution in [0.25, 0.3) is 0 Å². The van der Waals surface area contributed by atoms with Gasteiger partial charge in [-0.2, -0.15) is 0 Å². The first-order valence-corrected chi connectivity index (χ1v) is 6.07. The van der Waals surface area contributed by atoms with Crippen molar-refractivity contribution in [2.75, 3.05) is 6.61 Å². The molecule has 0 aromatic heterocycles. The average molecular weight is 230 g/mol. The van der Waals surface area contributed by atoms with E-state index in [4.69, 9.17) is 10.6 Å². The van der Waals surface area contributed by atoms with Crippen molar-refractivity contribution in [2.45, 2.75) is 59.0 Å². The van der Waals surface area contributed by atoms with E-state index in [-0.39, 0.29) is 11.5 Å². The van der Waals surface area contributed by atoms with Crippen LogP contribution in [-0.2, 0) is 9.53 Å². The first-order chi connectivity index (χ1) is 7.43. The van der Waals surface area contributed by atoms with Crippen molar-refractivity contribution in [3.8, 4) is 0 Å². The normalized spacial score (nSPS) is 14.9. The molecule has 0 saturated carbocycles. The standard InChI is InChI=1S/C12H26N2O2/c1-5-12(4,8-6-11(15)14-13)16-9-7-10(2)3/h10H,5-9,13H2,1-4H3,(H,14,15). The maximum atomic E-state index is 11.1. The second kappa shape index (κ2) is 7.63. The molecule has 0 bridgehead atoms. The molecule has 0 aliphatic carbocycles. The first-order valence-electron chi connectivity index (χ1n) is 6.07. The van der Waals surface area contributed by atoms with Gasteiger partial charge in [-0.15, -0.1) is 0 Å². The summed E-state index contributed by atoms with van der Waals surface area (Å²) in [5.74, 6) is 5.56. The highest BCUT2D eigenvalue weighted by molar-refractivity contribution is 5.75. The third-order valence-electron chi connectivity index (χ3n) is 2.94. The van der Waals surface area contributed by atoms with Crippen LogP contribution in [0.5, 0.6) is 0 Å². The van der Waals surface area contributed by atoms with Gasteiger partial charge in [0, 0.05) is 13.0 Å². The summed E-state index contributed by atoms with van der Waals surface area (Å²) in [4.78, 5) is 11.1. The molecule has 1 unspecified atom stereocenters. The van der Waals surface area contributed by atoms with Crippen molar-refractivity contribution in [1.29, 1.82) is 0 Å². The summed E-state index contributed by atoms with van der Waals surface area (Å²) in [6.45, 7) is 9.24. The lowest BCUT2D eigenvalue weighted by Crippen LogP contribution is -2.34. The topological polar surface area (TPSA) is 64.4 Å². The molecule has 0 rings (SSSR count). The number of nitrogens with two attached hydrogens (primary N) is 1. The van der Waals surface area contributed by atoms with E-state index in [2.05, 4.69) is 33.1 Å². The molecule has 1 amide bonds. The summed E-state index contributed by atoms with van der Waals surface area (Å²) in [7, 11) is 0. The maximum absolute atomic E-state index is 11.1. The monoisotopic (exact) mass is 230 g/mol. The summed E-state index contributed by atoms with van der Waals surface area (Å²) in [6.07, 6.45) is 3.09. The number of nitrogens with one attached hydrogen (secondary N) is 1. The summed E-state index contributed by atoms with van der Waals surface area (Å²) < 4.78 is 5.86. The van der Waals surface area contributed by atoms with Crippen molar-refractivity contribution in [3.63, 3.8) is 0 Å². The number of hydrogen-bond acceptors (Lipinski definition) is 3. The highest BCUT2D eigenvalue weighted by Crippen LogP contribution is 2.22. The van der Waals surface area contributed by atoms with Crippen LogP contribution in [0.1, 0.15) is 53.4 Å². The maximum Gasteiger partial charge on any atom is 0.233 e. The zero-order chi connectivity index (χ0) is 12.6. The van der Waals surface area contributed by atoms with Gasteiger partial charge in [-0.05, 0) is 32.1 Å². The first kappa shape index (κ1) is 15.4. The Labute approximate surface area is 98.9 Å². The van der Waals surface area contributed by atoms with Crippen LogP contribution in [0.2, 0.25) is 0 Å². The van der Waals surface area contributed by atoms with Crippen molar-refractivity contribution >= 4 is 5.91 Å². The molecule has 4 nitrogen and oxygen atoms in total. The Bertz CT molecular complexity index is 207. The molecule has 0 aliphatic heterocycles. The van der Waals surface area contributed by atoms with Crippen molar-refractivity contribution in [1.82, 2.24) is 5.43 Å². The molecule has 0 heterocycles. The highest BCUT2D eigenvalue weighted by atomic mass is 16.5. The smallest absolute Gasteiger partial charge is 0.233 e. The lowest BCUT2D eigenvalue weighted by atomic mass is 9.96. The molecule has 3 N–H and O–H groups in total. The van der Waals surface area contributed by atoms with Gasteiger partial charge in [0.05, 0.1) is 5.60 Å².